The highest BCUT2D eigenvalue weighted by Gasteiger charge is 2.22. The minimum atomic E-state index is -3.79. The van der Waals surface area contributed by atoms with Gasteiger partial charge in [-0.05, 0) is 55.8 Å². The predicted octanol–water partition coefficient (Wildman–Crippen LogP) is 2.95. The van der Waals surface area contributed by atoms with Gasteiger partial charge in [0.25, 0.3) is 0 Å². The summed E-state index contributed by atoms with van der Waals surface area (Å²) in [5.74, 6) is -0.437. The minimum absolute atomic E-state index is 0.0529. The van der Waals surface area contributed by atoms with Crippen LogP contribution in [0, 0.1) is 6.92 Å². The van der Waals surface area contributed by atoms with Crippen LogP contribution in [-0.2, 0) is 14.8 Å². The molecule has 1 unspecified atom stereocenters. The fourth-order valence-corrected chi connectivity index (χ4v) is 3.27. The maximum absolute atomic E-state index is 12.2. The Bertz CT molecular complexity index is 804. The molecule has 0 aliphatic carbocycles. The second-order valence-corrected chi connectivity index (χ2v) is 7.31. The SMILES string of the molecule is Cc1cccc(NC(=O)C(C)NS(=O)(=O)c2ccc(Cl)cc2)c1. The van der Waals surface area contributed by atoms with E-state index < -0.39 is 22.0 Å². The number of hydrogen-bond acceptors (Lipinski definition) is 3. The van der Waals surface area contributed by atoms with Crippen LogP contribution in [0.4, 0.5) is 5.69 Å². The van der Waals surface area contributed by atoms with E-state index in [2.05, 4.69) is 10.0 Å². The summed E-state index contributed by atoms with van der Waals surface area (Å²) >= 11 is 5.74. The van der Waals surface area contributed by atoms with Crippen LogP contribution in [0.3, 0.4) is 0 Å². The molecule has 0 saturated heterocycles. The number of nitrogens with one attached hydrogen (secondary N) is 2. The van der Waals surface area contributed by atoms with Crippen LogP contribution in [-0.4, -0.2) is 20.4 Å². The summed E-state index contributed by atoms with van der Waals surface area (Å²) in [6.45, 7) is 3.39. The Morgan fingerprint density at radius 3 is 2.39 bits per heavy atom. The quantitative estimate of drug-likeness (QED) is 0.868. The highest BCUT2D eigenvalue weighted by molar-refractivity contribution is 7.89. The Morgan fingerprint density at radius 2 is 1.78 bits per heavy atom. The van der Waals surface area contributed by atoms with E-state index in [-0.39, 0.29) is 4.90 Å². The molecule has 2 rings (SSSR count). The molecule has 0 aliphatic heterocycles. The summed E-state index contributed by atoms with van der Waals surface area (Å²) in [6, 6.07) is 12.1. The van der Waals surface area contributed by atoms with Gasteiger partial charge >= 0.3 is 0 Å². The van der Waals surface area contributed by atoms with Gasteiger partial charge in [0.05, 0.1) is 10.9 Å². The van der Waals surface area contributed by atoms with E-state index in [1.807, 2.05) is 19.1 Å². The normalized spacial score (nSPS) is 12.7. The van der Waals surface area contributed by atoms with E-state index in [1.165, 1.54) is 31.2 Å². The molecule has 2 aromatic carbocycles. The van der Waals surface area contributed by atoms with E-state index >= 15 is 0 Å². The molecule has 0 heterocycles. The molecule has 1 amide bonds. The first-order valence-electron chi connectivity index (χ1n) is 6.93. The first-order chi connectivity index (χ1) is 10.8. The third-order valence-corrected chi connectivity index (χ3v) is 4.94. The largest absolute Gasteiger partial charge is 0.325 e. The van der Waals surface area contributed by atoms with Gasteiger partial charge in [-0.1, -0.05) is 23.7 Å². The van der Waals surface area contributed by atoms with Crippen molar-refractivity contribution in [2.24, 2.45) is 0 Å². The average Bonchev–Trinajstić information content (AvgIpc) is 2.47. The van der Waals surface area contributed by atoms with Gasteiger partial charge < -0.3 is 5.32 Å². The zero-order valence-corrected chi connectivity index (χ0v) is 14.3. The van der Waals surface area contributed by atoms with Crippen LogP contribution >= 0.6 is 11.6 Å². The van der Waals surface area contributed by atoms with Crippen molar-refractivity contribution in [3.63, 3.8) is 0 Å². The number of carbonyl (C=O) groups excluding carboxylic acids is 1. The molecule has 2 aromatic rings. The van der Waals surface area contributed by atoms with E-state index in [9.17, 15) is 13.2 Å². The third kappa shape index (κ3) is 4.79. The molecule has 0 aromatic heterocycles. The Hall–Kier alpha value is -1.89. The Balaban J connectivity index is 2.06. The van der Waals surface area contributed by atoms with Gasteiger partial charge in [-0.2, -0.15) is 4.72 Å². The van der Waals surface area contributed by atoms with E-state index in [0.29, 0.717) is 10.7 Å². The maximum atomic E-state index is 12.2. The Morgan fingerprint density at radius 1 is 1.13 bits per heavy atom. The number of rotatable bonds is 5. The lowest BCUT2D eigenvalue weighted by molar-refractivity contribution is -0.117. The van der Waals surface area contributed by atoms with Crippen molar-refractivity contribution >= 4 is 33.2 Å². The van der Waals surface area contributed by atoms with E-state index in [4.69, 9.17) is 11.6 Å². The Kier molecular flexibility index (Phi) is 5.41. The van der Waals surface area contributed by atoms with Gasteiger partial charge in [0.2, 0.25) is 15.9 Å². The van der Waals surface area contributed by atoms with Crippen molar-refractivity contribution in [3.8, 4) is 0 Å². The summed E-state index contributed by atoms with van der Waals surface area (Å²) < 4.78 is 26.8. The second kappa shape index (κ2) is 7.12. The van der Waals surface area contributed by atoms with Gasteiger partial charge in [-0.15, -0.1) is 0 Å². The zero-order valence-electron chi connectivity index (χ0n) is 12.7. The Labute approximate surface area is 140 Å². The highest BCUT2D eigenvalue weighted by atomic mass is 35.5. The zero-order chi connectivity index (χ0) is 17.0. The van der Waals surface area contributed by atoms with E-state index in [0.717, 1.165) is 5.56 Å². The number of aryl methyl sites for hydroxylation is 1. The molecule has 0 radical (unpaired) electrons. The van der Waals surface area contributed by atoms with Crippen LogP contribution < -0.4 is 10.0 Å². The molecule has 5 nitrogen and oxygen atoms in total. The number of benzene rings is 2. The molecule has 0 spiro atoms. The van der Waals surface area contributed by atoms with Crippen molar-refractivity contribution in [1.29, 1.82) is 0 Å². The predicted molar refractivity (Wildman–Crippen MR) is 91.0 cm³/mol. The van der Waals surface area contributed by atoms with E-state index in [1.54, 1.807) is 12.1 Å². The highest BCUT2D eigenvalue weighted by Crippen LogP contribution is 2.15. The molecule has 1 atom stereocenters. The standard InChI is InChI=1S/C16H17ClN2O3S/c1-11-4-3-5-14(10-11)18-16(20)12(2)19-23(21,22)15-8-6-13(17)7-9-15/h3-10,12,19H,1-2H3,(H,18,20). The lowest BCUT2D eigenvalue weighted by Crippen LogP contribution is -2.41. The van der Waals surface area contributed by atoms with Crippen molar-refractivity contribution in [2.75, 3.05) is 5.32 Å². The lowest BCUT2D eigenvalue weighted by atomic mass is 10.2. The summed E-state index contributed by atoms with van der Waals surface area (Å²) in [7, 11) is -3.79. The summed E-state index contributed by atoms with van der Waals surface area (Å²) in [5, 5.41) is 3.12. The van der Waals surface area contributed by atoms with Crippen molar-refractivity contribution in [3.05, 3.63) is 59.1 Å². The van der Waals surface area contributed by atoms with Gasteiger partial charge in [0, 0.05) is 10.7 Å². The number of anilines is 1. The van der Waals surface area contributed by atoms with Crippen LogP contribution in [0.1, 0.15) is 12.5 Å². The average molecular weight is 353 g/mol. The lowest BCUT2D eigenvalue weighted by Gasteiger charge is -2.14. The van der Waals surface area contributed by atoms with Crippen LogP contribution in [0.15, 0.2) is 53.4 Å². The first kappa shape index (κ1) is 17.5. The topological polar surface area (TPSA) is 75.3 Å². The third-order valence-electron chi connectivity index (χ3n) is 3.13. The van der Waals surface area contributed by atoms with Crippen molar-refractivity contribution < 1.29 is 13.2 Å². The number of hydrogen-bond donors (Lipinski definition) is 2. The molecule has 23 heavy (non-hydrogen) atoms. The smallest absolute Gasteiger partial charge is 0.242 e. The molecule has 122 valence electrons. The second-order valence-electron chi connectivity index (χ2n) is 5.16. The van der Waals surface area contributed by atoms with Crippen LogP contribution in [0.25, 0.3) is 0 Å². The molecule has 2 N–H and O–H groups in total. The number of sulfonamides is 1. The fourth-order valence-electron chi connectivity index (χ4n) is 1.94. The number of amides is 1. The molecule has 0 fully saturated rings. The summed E-state index contributed by atoms with van der Waals surface area (Å²) in [4.78, 5) is 12.2. The van der Waals surface area contributed by atoms with Gasteiger partial charge in [-0.3, -0.25) is 4.79 Å². The molecule has 7 heteroatoms. The van der Waals surface area contributed by atoms with Crippen LogP contribution in [0.2, 0.25) is 5.02 Å². The summed E-state index contributed by atoms with van der Waals surface area (Å²) in [6.07, 6.45) is 0. The minimum Gasteiger partial charge on any atom is -0.325 e. The molecule has 0 saturated carbocycles. The van der Waals surface area contributed by atoms with Crippen molar-refractivity contribution in [2.45, 2.75) is 24.8 Å². The van der Waals surface area contributed by atoms with Crippen LogP contribution in [0.5, 0.6) is 0 Å². The van der Waals surface area contributed by atoms with Crippen molar-refractivity contribution in [1.82, 2.24) is 4.72 Å². The molecular weight excluding hydrogens is 336 g/mol. The summed E-state index contributed by atoms with van der Waals surface area (Å²) in [5.41, 5.74) is 1.62. The maximum Gasteiger partial charge on any atom is 0.242 e. The monoisotopic (exact) mass is 352 g/mol. The first-order valence-corrected chi connectivity index (χ1v) is 8.79. The molecule has 0 bridgehead atoms. The fraction of sp³-hybridized carbons (Fsp3) is 0.188. The number of halogens is 1. The molecule has 0 aliphatic rings. The van der Waals surface area contributed by atoms with Gasteiger partial charge in [0.1, 0.15) is 0 Å². The molecular formula is C16H17ClN2O3S. The van der Waals surface area contributed by atoms with Gasteiger partial charge in [0.15, 0.2) is 0 Å². The van der Waals surface area contributed by atoms with Gasteiger partial charge in [-0.25, -0.2) is 8.42 Å². The number of carbonyl (C=O) groups is 1.